The van der Waals surface area contributed by atoms with E-state index in [0.717, 1.165) is 11.6 Å². The van der Waals surface area contributed by atoms with Crippen LogP contribution in [0, 0.1) is 0 Å². The number of carbonyl (C=O) groups is 1. The van der Waals surface area contributed by atoms with Crippen LogP contribution in [0.5, 0.6) is 0 Å². The average Bonchev–Trinajstić information content (AvgIpc) is 2.54. The molecule has 0 atom stereocenters. The number of rotatable bonds is 7. The van der Waals surface area contributed by atoms with Gasteiger partial charge in [0.25, 0.3) is 0 Å². The van der Waals surface area contributed by atoms with Gasteiger partial charge in [-0.05, 0) is 23.6 Å². The fourth-order valence-electron chi connectivity index (χ4n) is 2.30. The van der Waals surface area contributed by atoms with Gasteiger partial charge < -0.3 is 15.1 Å². The molecule has 0 fully saturated rings. The lowest BCUT2D eigenvalue weighted by molar-refractivity contribution is -0.120. The van der Waals surface area contributed by atoms with Crippen molar-refractivity contribution in [3.63, 3.8) is 0 Å². The fraction of sp³-hybridized carbons (Fsp3) is 0.235. The molecule has 3 N–H and O–H groups in total. The number of benzene rings is 2. The second kappa shape index (κ2) is 8.39. The minimum absolute atomic E-state index is 0.0982. The Kier molecular flexibility index (Phi) is 6.69. The molecule has 5 nitrogen and oxygen atoms in total. The number of amides is 1. The molecule has 1 amide bonds. The maximum Gasteiger partial charge on any atom is 0.399 e. The molecule has 9 heteroatoms. The standard InChI is InChI=1S/C17H17BrF2NO4P/c18-15-10-13(6-7-14(15)17(19,20)26(23,24)25)8-9-21-16(22)11-12-4-2-1-3-5-12/h1-7,10H,8-9,11H2,(H,21,22)(H2,23,24,25). The monoisotopic (exact) mass is 447 g/mol. The van der Waals surface area contributed by atoms with E-state index >= 15 is 0 Å². The van der Waals surface area contributed by atoms with Crippen molar-refractivity contribution in [1.29, 1.82) is 0 Å². The molecule has 26 heavy (non-hydrogen) atoms. The van der Waals surface area contributed by atoms with Crippen LogP contribution in [0.2, 0.25) is 0 Å². The van der Waals surface area contributed by atoms with Crippen LogP contribution in [0.4, 0.5) is 8.78 Å². The third kappa shape index (κ3) is 5.20. The summed E-state index contributed by atoms with van der Waals surface area (Å²) in [5, 5.41) is 2.74. The topological polar surface area (TPSA) is 86.6 Å². The molecule has 0 heterocycles. The lowest BCUT2D eigenvalue weighted by atomic mass is 10.1. The number of hydrogen-bond acceptors (Lipinski definition) is 2. The molecular formula is C17H17BrF2NO4P. The van der Waals surface area contributed by atoms with Gasteiger partial charge in [-0.1, -0.05) is 58.4 Å². The minimum Gasteiger partial charge on any atom is -0.355 e. The van der Waals surface area contributed by atoms with Crippen molar-refractivity contribution in [2.75, 3.05) is 6.54 Å². The Bertz CT molecular complexity index is 827. The van der Waals surface area contributed by atoms with E-state index in [1.54, 1.807) is 0 Å². The Morgan fingerprint density at radius 2 is 1.77 bits per heavy atom. The Labute approximate surface area is 157 Å². The molecule has 0 bridgehead atoms. The average molecular weight is 448 g/mol. The molecule has 0 unspecified atom stereocenters. The molecule has 140 valence electrons. The van der Waals surface area contributed by atoms with Crippen LogP contribution in [0.3, 0.4) is 0 Å². The maximum atomic E-state index is 13.8. The summed E-state index contributed by atoms with van der Waals surface area (Å²) in [7, 11) is -5.62. The smallest absolute Gasteiger partial charge is 0.355 e. The van der Waals surface area contributed by atoms with E-state index in [1.165, 1.54) is 12.1 Å². The van der Waals surface area contributed by atoms with E-state index in [0.29, 0.717) is 18.5 Å². The summed E-state index contributed by atoms with van der Waals surface area (Å²) in [6.45, 7) is 0.312. The molecule has 0 saturated heterocycles. The predicted octanol–water partition coefficient (Wildman–Crippen LogP) is 3.58. The molecule has 2 aromatic rings. The summed E-state index contributed by atoms with van der Waals surface area (Å²) < 4.78 is 38.4. The molecule has 0 aromatic heterocycles. The third-order valence-corrected chi connectivity index (χ3v) is 5.30. The van der Waals surface area contributed by atoms with E-state index in [1.807, 2.05) is 30.3 Å². The first-order chi connectivity index (χ1) is 12.1. The lowest BCUT2D eigenvalue weighted by Gasteiger charge is -2.19. The summed E-state index contributed by atoms with van der Waals surface area (Å²) in [6, 6.07) is 12.9. The first-order valence-electron chi connectivity index (χ1n) is 7.64. The fourth-order valence-corrected chi connectivity index (χ4v) is 3.64. The van der Waals surface area contributed by atoms with Gasteiger partial charge in [0, 0.05) is 16.6 Å². The Morgan fingerprint density at radius 3 is 2.35 bits per heavy atom. The molecule has 0 saturated carbocycles. The van der Waals surface area contributed by atoms with Crippen molar-refractivity contribution in [2.24, 2.45) is 0 Å². The number of nitrogens with one attached hydrogen (secondary N) is 1. The first-order valence-corrected chi connectivity index (χ1v) is 10.0. The van der Waals surface area contributed by atoms with Crippen LogP contribution in [0.15, 0.2) is 53.0 Å². The second-order valence-corrected chi connectivity index (χ2v) is 8.17. The zero-order chi connectivity index (χ0) is 19.4. The van der Waals surface area contributed by atoms with Gasteiger partial charge in [-0.15, -0.1) is 0 Å². The van der Waals surface area contributed by atoms with Gasteiger partial charge in [-0.3, -0.25) is 9.36 Å². The highest BCUT2D eigenvalue weighted by Gasteiger charge is 2.51. The van der Waals surface area contributed by atoms with Gasteiger partial charge in [0.2, 0.25) is 5.91 Å². The number of hydrogen-bond donors (Lipinski definition) is 3. The van der Waals surface area contributed by atoms with Crippen molar-refractivity contribution in [1.82, 2.24) is 5.32 Å². The lowest BCUT2D eigenvalue weighted by Crippen LogP contribution is -2.27. The van der Waals surface area contributed by atoms with E-state index in [-0.39, 0.29) is 16.8 Å². The third-order valence-electron chi connectivity index (χ3n) is 3.67. The molecule has 0 aliphatic carbocycles. The highest BCUT2D eigenvalue weighted by atomic mass is 79.9. The summed E-state index contributed by atoms with van der Waals surface area (Å²) in [5.41, 5.74) is -3.52. The summed E-state index contributed by atoms with van der Waals surface area (Å²) in [4.78, 5) is 29.5. The zero-order valence-electron chi connectivity index (χ0n) is 13.5. The largest absolute Gasteiger partial charge is 0.399 e. The van der Waals surface area contributed by atoms with Crippen LogP contribution in [0.1, 0.15) is 16.7 Å². The summed E-state index contributed by atoms with van der Waals surface area (Å²) in [5.74, 6) is -0.153. The highest BCUT2D eigenvalue weighted by Crippen LogP contribution is 2.60. The van der Waals surface area contributed by atoms with E-state index in [9.17, 15) is 18.1 Å². The van der Waals surface area contributed by atoms with Crippen LogP contribution in [0.25, 0.3) is 0 Å². The molecular weight excluding hydrogens is 431 g/mol. The molecule has 2 rings (SSSR count). The number of carbonyl (C=O) groups excluding carboxylic acids is 1. The Morgan fingerprint density at radius 1 is 1.12 bits per heavy atom. The van der Waals surface area contributed by atoms with E-state index < -0.39 is 18.8 Å². The van der Waals surface area contributed by atoms with Crippen molar-refractivity contribution in [2.45, 2.75) is 18.5 Å². The normalized spacial score (nSPS) is 12.0. The number of alkyl halides is 2. The van der Waals surface area contributed by atoms with Gasteiger partial charge in [0.05, 0.1) is 6.42 Å². The molecule has 0 radical (unpaired) electrons. The molecule has 0 aliphatic rings. The van der Waals surface area contributed by atoms with Crippen molar-refractivity contribution in [3.05, 3.63) is 69.7 Å². The predicted molar refractivity (Wildman–Crippen MR) is 96.9 cm³/mol. The maximum absolute atomic E-state index is 13.8. The highest BCUT2D eigenvalue weighted by molar-refractivity contribution is 9.10. The Balaban J connectivity index is 1.94. The van der Waals surface area contributed by atoms with Crippen molar-refractivity contribution < 1.29 is 27.9 Å². The Hall–Kier alpha value is -1.60. The molecule has 0 aliphatic heterocycles. The quantitative estimate of drug-likeness (QED) is 0.566. The minimum atomic E-state index is -5.62. The number of halogens is 3. The molecule has 0 spiro atoms. The van der Waals surface area contributed by atoms with Crippen molar-refractivity contribution in [3.8, 4) is 0 Å². The first kappa shape index (κ1) is 20.7. The van der Waals surface area contributed by atoms with E-state index in [2.05, 4.69) is 21.2 Å². The van der Waals surface area contributed by atoms with Crippen LogP contribution >= 0.6 is 23.5 Å². The van der Waals surface area contributed by atoms with Crippen LogP contribution < -0.4 is 5.32 Å². The van der Waals surface area contributed by atoms with Crippen LogP contribution in [-0.2, 0) is 27.9 Å². The van der Waals surface area contributed by atoms with Gasteiger partial charge in [-0.25, -0.2) is 0 Å². The van der Waals surface area contributed by atoms with Gasteiger partial charge >= 0.3 is 13.3 Å². The zero-order valence-corrected chi connectivity index (χ0v) is 16.0. The SMILES string of the molecule is O=C(Cc1ccccc1)NCCc1ccc(C(F)(F)P(=O)(O)O)c(Br)c1. The van der Waals surface area contributed by atoms with Crippen molar-refractivity contribution >= 4 is 29.4 Å². The summed E-state index contributed by atoms with van der Waals surface area (Å²) in [6.07, 6.45) is 0.638. The van der Waals surface area contributed by atoms with Crippen LogP contribution in [-0.4, -0.2) is 22.2 Å². The van der Waals surface area contributed by atoms with Gasteiger partial charge in [0.1, 0.15) is 0 Å². The van der Waals surface area contributed by atoms with Gasteiger partial charge in [0.15, 0.2) is 0 Å². The van der Waals surface area contributed by atoms with E-state index in [4.69, 9.17) is 9.79 Å². The van der Waals surface area contributed by atoms with Gasteiger partial charge in [-0.2, -0.15) is 8.78 Å². The second-order valence-electron chi connectivity index (χ2n) is 5.66. The molecule has 2 aromatic carbocycles. The summed E-state index contributed by atoms with van der Waals surface area (Å²) >= 11 is 2.93.